The summed E-state index contributed by atoms with van der Waals surface area (Å²) >= 11 is 0. The van der Waals surface area contributed by atoms with E-state index < -0.39 is 10.4 Å². The van der Waals surface area contributed by atoms with Crippen LogP contribution in [0, 0.1) is 0 Å². The van der Waals surface area contributed by atoms with E-state index in [4.69, 9.17) is 11.5 Å². The molecule has 0 bridgehead atoms. The van der Waals surface area contributed by atoms with Gasteiger partial charge in [-0.2, -0.15) is 13.5 Å². The summed E-state index contributed by atoms with van der Waals surface area (Å²) in [7, 11) is -4.17. The molecule has 0 saturated carbocycles. The molecule has 8 nitrogen and oxygen atoms in total. The Morgan fingerprint density at radius 1 is 1.33 bits per heavy atom. The van der Waals surface area contributed by atoms with Gasteiger partial charge in [0.05, 0.1) is 6.54 Å². The average Bonchev–Trinajstić information content (AvgIpc) is 2.34. The molecule has 2 rings (SSSR count). The van der Waals surface area contributed by atoms with Gasteiger partial charge in [0, 0.05) is 6.54 Å². The first-order valence-electron chi connectivity index (χ1n) is 5.02. The number of nitrogens with zero attached hydrogens (tertiary/aromatic N) is 2. The summed E-state index contributed by atoms with van der Waals surface area (Å²) in [5.74, 6) is -0.178. The van der Waals surface area contributed by atoms with Gasteiger partial charge < -0.3 is 11.5 Å². The molecule has 0 unspecified atom stereocenters. The Bertz CT molecular complexity index is 572. The summed E-state index contributed by atoms with van der Waals surface area (Å²) in [5.41, 5.74) is 12.7. The van der Waals surface area contributed by atoms with Crippen molar-refractivity contribution in [1.82, 2.24) is 5.06 Å². The summed E-state index contributed by atoms with van der Waals surface area (Å²) in [4.78, 5) is 0. The highest BCUT2D eigenvalue weighted by Crippen LogP contribution is 2.14. The van der Waals surface area contributed by atoms with Gasteiger partial charge in [-0.3, -0.25) is 0 Å². The van der Waals surface area contributed by atoms with Crippen molar-refractivity contribution in [3.63, 3.8) is 0 Å². The Morgan fingerprint density at radius 2 is 2.06 bits per heavy atom. The second-order valence-corrected chi connectivity index (χ2v) is 4.68. The minimum Gasteiger partial charge on any atom is -0.365 e. The SMILES string of the molecule is NCc1cccc(CN2OS(=O)(=O)ON=C2N)c1. The van der Waals surface area contributed by atoms with E-state index in [0.29, 0.717) is 6.54 Å². The summed E-state index contributed by atoms with van der Waals surface area (Å²) in [6, 6.07) is 7.27. The van der Waals surface area contributed by atoms with Crippen molar-refractivity contribution in [2.45, 2.75) is 13.1 Å². The molecule has 4 N–H and O–H groups in total. The Labute approximate surface area is 104 Å². The number of nitrogens with two attached hydrogens (primary N) is 2. The van der Waals surface area contributed by atoms with Crippen LogP contribution in [0.3, 0.4) is 0 Å². The van der Waals surface area contributed by atoms with Gasteiger partial charge in [0.1, 0.15) is 0 Å². The fourth-order valence-corrected chi connectivity index (χ4v) is 1.96. The molecule has 0 spiro atoms. The van der Waals surface area contributed by atoms with Crippen LogP contribution >= 0.6 is 0 Å². The van der Waals surface area contributed by atoms with Gasteiger partial charge in [-0.25, -0.2) is 4.28 Å². The third kappa shape index (κ3) is 2.88. The highest BCUT2D eigenvalue weighted by molar-refractivity contribution is 7.81. The van der Waals surface area contributed by atoms with Crippen LogP contribution < -0.4 is 11.5 Å². The molecule has 1 aliphatic rings. The number of rotatable bonds is 3. The molecule has 0 radical (unpaired) electrons. The average molecular weight is 272 g/mol. The van der Waals surface area contributed by atoms with Crippen molar-refractivity contribution in [2.24, 2.45) is 16.6 Å². The predicted molar refractivity (Wildman–Crippen MR) is 62.6 cm³/mol. The van der Waals surface area contributed by atoms with Crippen LogP contribution in [0.25, 0.3) is 0 Å². The lowest BCUT2D eigenvalue weighted by Gasteiger charge is -2.23. The van der Waals surface area contributed by atoms with Crippen molar-refractivity contribution >= 4 is 16.4 Å². The highest BCUT2D eigenvalue weighted by Gasteiger charge is 2.27. The highest BCUT2D eigenvalue weighted by atomic mass is 32.3. The second-order valence-electron chi connectivity index (χ2n) is 3.57. The van der Waals surface area contributed by atoms with E-state index in [1.54, 1.807) is 12.1 Å². The smallest absolute Gasteiger partial charge is 0.365 e. The van der Waals surface area contributed by atoms with Crippen LogP contribution in [-0.4, -0.2) is 19.4 Å². The first-order valence-corrected chi connectivity index (χ1v) is 6.35. The zero-order valence-electron chi connectivity index (χ0n) is 9.31. The van der Waals surface area contributed by atoms with Gasteiger partial charge in [0.25, 0.3) is 5.96 Å². The molecule has 1 heterocycles. The van der Waals surface area contributed by atoms with Gasteiger partial charge in [0.15, 0.2) is 0 Å². The first kappa shape index (κ1) is 12.6. The molecule has 0 fully saturated rings. The number of hydrogen-bond acceptors (Lipinski definition) is 8. The maximum absolute atomic E-state index is 11.1. The minimum absolute atomic E-state index is 0.117. The molecule has 0 atom stereocenters. The number of guanidine groups is 1. The monoisotopic (exact) mass is 272 g/mol. The van der Waals surface area contributed by atoms with E-state index in [2.05, 4.69) is 13.7 Å². The normalized spacial score (nSPS) is 18.1. The van der Waals surface area contributed by atoms with Crippen LogP contribution in [0.1, 0.15) is 11.1 Å². The van der Waals surface area contributed by atoms with E-state index in [1.807, 2.05) is 12.1 Å². The van der Waals surface area contributed by atoms with Crippen LogP contribution in [0.2, 0.25) is 0 Å². The molecule has 0 aliphatic carbocycles. The Morgan fingerprint density at radius 3 is 2.78 bits per heavy atom. The van der Waals surface area contributed by atoms with E-state index in [-0.39, 0.29) is 12.5 Å². The molecule has 1 aromatic carbocycles. The molecule has 18 heavy (non-hydrogen) atoms. The van der Waals surface area contributed by atoms with E-state index in [0.717, 1.165) is 16.2 Å². The van der Waals surface area contributed by atoms with E-state index >= 15 is 0 Å². The fraction of sp³-hybridized carbons (Fsp3) is 0.222. The van der Waals surface area contributed by atoms with Crippen molar-refractivity contribution < 1.29 is 17.0 Å². The van der Waals surface area contributed by atoms with Crippen molar-refractivity contribution in [3.05, 3.63) is 35.4 Å². The summed E-state index contributed by atoms with van der Waals surface area (Å²) < 4.78 is 30.7. The van der Waals surface area contributed by atoms with Gasteiger partial charge in [0.2, 0.25) is 0 Å². The third-order valence-corrected chi connectivity index (χ3v) is 2.83. The van der Waals surface area contributed by atoms with Crippen molar-refractivity contribution in [1.29, 1.82) is 0 Å². The fourth-order valence-electron chi connectivity index (χ4n) is 1.42. The molecule has 1 aliphatic heterocycles. The lowest BCUT2D eigenvalue weighted by Crippen LogP contribution is -2.42. The molecule has 98 valence electrons. The molecular formula is C9H12N4O4S. The van der Waals surface area contributed by atoms with Crippen LogP contribution in [0.5, 0.6) is 0 Å². The van der Waals surface area contributed by atoms with Gasteiger partial charge >= 0.3 is 10.4 Å². The molecule has 0 saturated heterocycles. The molecular weight excluding hydrogens is 260 g/mol. The number of benzene rings is 1. The Hall–Kier alpha value is -1.84. The lowest BCUT2D eigenvalue weighted by molar-refractivity contribution is -0.0207. The lowest BCUT2D eigenvalue weighted by atomic mass is 10.1. The first-order chi connectivity index (χ1) is 8.50. The summed E-state index contributed by atoms with van der Waals surface area (Å²) in [6.45, 7) is 0.505. The van der Waals surface area contributed by atoms with Gasteiger partial charge in [-0.05, 0) is 16.3 Å². The second kappa shape index (κ2) is 4.80. The number of hydroxylamine groups is 2. The van der Waals surface area contributed by atoms with Gasteiger partial charge in [-0.1, -0.05) is 24.3 Å². The summed E-state index contributed by atoms with van der Waals surface area (Å²) in [6.07, 6.45) is 0. The van der Waals surface area contributed by atoms with Crippen LogP contribution in [-0.2, 0) is 32.1 Å². The zero-order chi connectivity index (χ0) is 13.2. The maximum Gasteiger partial charge on any atom is 0.491 e. The quantitative estimate of drug-likeness (QED) is 0.752. The largest absolute Gasteiger partial charge is 0.491 e. The predicted octanol–water partition coefficient (Wildman–Crippen LogP) is -0.616. The minimum atomic E-state index is -4.17. The standard InChI is InChI=1S/C9H12N4O4S/c10-5-7-2-1-3-8(4-7)6-13-9(11)12-16-18(14,15)17-13/h1-4H,5-6,10H2,(H2,11,12). The topological polar surface area (TPSA) is 120 Å². The molecule has 0 aromatic heterocycles. The Balaban J connectivity index is 2.18. The van der Waals surface area contributed by atoms with Crippen LogP contribution in [0.4, 0.5) is 0 Å². The molecule has 9 heteroatoms. The van der Waals surface area contributed by atoms with E-state index in [1.165, 1.54) is 0 Å². The Kier molecular flexibility index (Phi) is 3.36. The van der Waals surface area contributed by atoms with E-state index in [9.17, 15) is 8.42 Å². The maximum atomic E-state index is 11.1. The third-order valence-electron chi connectivity index (χ3n) is 2.21. The van der Waals surface area contributed by atoms with Crippen molar-refractivity contribution in [3.8, 4) is 0 Å². The number of oxime groups is 1. The van der Waals surface area contributed by atoms with Crippen LogP contribution in [0.15, 0.2) is 29.4 Å². The van der Waals surface area contributed by atoms with Gasteiger partial charge in [-0.15, -0.1) is 4.28 Å². The molecule has 0 amide bonds. The summed E-state index contributed by atoms with van der Waals surface area (Å²) in [5, 5.41) is 4.11. The number of hydrogen-bond donors (Lipinski definition) is 2. The zero-order valence-corrected chi connectivity index (χ0v) is 10.1. The van der Waals surface area contributed by atoms with Crippen molar-refractivity contribution in [2.75, 3.05) is 0 Å². The molecule has 1 aromatic rings.